The van der Waals surface area contributed by atoms with Crippen molar-refractivity contribution in [3.05, 3.63) is 11.6 Å². The number of methoxy groups -OCH3 is 1. The maximum Gasteiger partial charge on any atom is 0.187 e. The van der Waals surface area contributed by atoms with Crippen molar-refractivity contribution in [3.8, 4) is 0 Å². The number of fused-ring (bicyclic) bond motifs is 7. The van der Waals surface area contributed by atoms with E-state index in [0.29, 0.717) is 43.4 Å². The van der Waals surface area contributed by atoms with E-state index in [1.165, 1.54) is 26.3 Å². The molecule has 0 bridgehead atoms. The highest BCUT2D eigenvalue weighted by molar-refractivity contribution is 5.26. The number of ether oxygens (including phenoxy) is 14. The Balaban J connectivity index is 0.725. The third-order valence-electron chi connectivity index (χ3n) is 24.0. The molecule has 0 spiro atoms. The first kappa shape index (κ1) is 74.7. The molecule has 0 radical (unpaired) electrons. The first-order chi connectivity index (χ1) is 44.9. The van der Waals surface area contributed by atoms with Gasteiger partial charge in [-0.05, 0) is 113 Å². The van der Waals surface area contributed by atoms with Gasteiger partial charge in [0, 0.05) is 19.4 Å². The SMILES string of the molecule is CO[C@]1(CC[C@@H](C)CO[C@@H]2O[C@H](CO)[C@@H](O)[C@H](O)[C@H]2O)O[C@H]2C[C@H]3[C@@H]4CC=C5C[C@@H](O[C@@H]6O[C@H](CO)[C@@H](O[C@@H]7O[C@@H](C)[C@H](O[C@@H]8O[C@@H](C)[C@H](O[C@@H]9O[C@H](CO)[C@@H](O)[C@H](O)[C@H]9O)[C@@H](O)[C@H]8O)[C@@H](O)[C@H]7O)[C@H](O)[C@H]6O[C@@H]6O[C@@H](C)[C@H](O)[C@@H](O)[C@H]6O)CC[C@]5(C)[C@H]4CC[C@]3(C)[C@H]2[C@@H]1C. The van der Waals surface area contributed by atoms with E-state index in [1.807, 2.05) is 6.92 Å². The third kappa shape index (κ3) is 13.8. The molecule has 41 atom stereocenters. The molecule has 95 heavy (non-hydrogen) atoms. The molecule has 0 aromatic rings. The molecule has 7 heterocycles. The summed E-state index contributed by atoms with van der Waals surface area (Å²) in [5.74, 6) is 0.553. The lowest BCUT2D eigenvalue weighted by Crippen LogP contribution is -2.67. The van der Waals surface area contributed by atoms with Gasteiger partial charge in [-0.2, -0.15) is 0 Å². The number of allylic oxidation sites excluding steroid dienone is 1. The third-order valence-corrected chi connectivity index (χ3v) is 24.0. The van der Waals surface area contributed by atoms with E-state index in [-0.39, 0.29) is 41.3 Å². The summed E-state index contributed by atoms with van der Waals surface area (Å²) in [5.41, 5.74) is 1.01. The molecule has 548 valence electrons. The van der Waals surface area contributed by atoms with Crippen molar-refractivity contribution < 1.29 is 153 Å². The predicted molar refractivity (Wildman–Crippen MR) is 317 cm³/mol. The molecule has 10 fully saturated rings. The van der Waals surface area contributed by atoms with Crippen LogP contribution in [-0.2, 0) is 66.3 Å². The Morgan fingerprint density at radius 3 is 1.57 bits per heavy atom. The minimum atomic E-state index is -1.97. The number of hydrogen-bond donors (Lipinski definition) is 17. The van der Waals surface area contributed by atoms with Crippen molar-refractivity contribution in [2.24, 2.45) is 46.3 Å². The Kier molecular flexibility index (Phi) is 23.3. The molecule has 31 heteroatoms. The number of aliphatic hydroxyl groups excluding tert-OH is 17. The Hall–Kier alpha value is -1.50. The van der Waals surface area contributed by atoms with Gasteiger partial charge < -0.3 is 153 Å². The van der Waals surface area contributed by atoms with Gasteiger partial charge in [-0.15, -0.1) is 0 Å². The van der Waals surface area contributed by atoms with Gasteiger partial charge in [0.1, 0.15) is 128 Å². The molecule has 0 amide bonds. The average molecular weight is 1370 g/mol. The second-order valence-electron chi connectivity index (χ2n) is 29.6. The molecule has 4 aliphatic carbocycles. The van der Waals surface area contributed by atoms with Gasteiger partial charge in [0.15, 0.2) is 43.5 Å². The van der Waals surface area contributed by atoms with Crippen molar-refractivity contribution >= 4 is 0 Å². The molecule has 0 unspecified atom stereocenters. The van der Waals surface area contributed by atoms with Crippen molar-refractivity contribution in [1.29, 1.82) is 0 Å². The summed E-state index contributed by atoms with van der Waals surface area (Å²) >= 11 is 0. The van der Waals surface area contributed by atoms with E-state index in [4.69, 9.17) is 66.3 Å². The molecule has 11 rings (SSSR count). The molecule has 11 aliphatic rings. The Labute approximate surface area is 551 Å². The van der Waals surface area contributed by atoms with Crippen LogP contribution >= 0.6 is 0 Å². The summed E-state index contributed by atoms with van der Waals surface area (Å²) in [7, 11) is 1.70. The molecule has 17 N–H and O–H groups in total. The molecule has 0 aromatic carbocycles. The fourth-order valence-electron chi connectivity index (χ4n) is 18.2. The van der Waals surface area contributed by atoms with Gasteiger partial charge in [-0.25, -0.2) is 0 Å². The van der Waals surface area contributed by atoms with Crippen molar-refractivity contribution in [3.63, 3.8) is 0 Å². The summed E-state index contributed by atoms with van der Waals surface area (Å²) in [4.78, 5) is 0. The van der Waals surface area contributed by atoms with E-state index in [9.17, 15) is 86.8 Å². The van der Waals surface area contributed by atoms with Gasteiger partial charge in [0.05, 0.1) is 56.9 Å². The van der Waals surface area contributed by atoms with Crippen LogP contribution in [0.4, 0.5) is 0 Å². The van der Waals surface area contributed by atoms with Crippen LogP contribution < -0.4 is 0 Å². The normalized spacial score (nSPS) is 55.2. The largest absolute Gasteiger partial charge is 0.394 e. The smallest absolute Gasteiger partial charge is 0.187 e. The minimum Gasteiger partial charge on any atom is -0.394 e. The van der Waals surface area contributed by atoms with E-state index in [2.05, 4.69) is 26.8 Å². The second kappa shape index (κ2) is 29.7. The fraction of sp³-hybridized carbons (Fsp3) is 0.969. The quantitative estimate of drug-likeness (QED) is 0.0510. The summed E-state index contributed by atoms with van der Waals surface area (Å²) in [6.45, 7) is 11.4. The topological polar surface area (TPSA) is 473 Å². The van der Waals surface area contributed by atoms with E-state index in [0.717, 1.165) is 32.1 Å². The zero-order valence-electron chi connectivity index (χ0n) is 55.0. The molecular formula is C64H106O31. The van der Waals surface area contributed by atoms with Crippen LogP contribution in [0.25, 0.3) is 0 Å². The fourth-order valence-corrected chi connectivity index (χ4v) is 18.2. The Morgan fingerprint density at radius 2 is 1.00 bits per heavy atom. The lowest BCUT2D eigenvalue weighted by Gasteiger charge is -2.58. The van der Waals surface area contributed by atoms with Crippen LogP contribution in [0.2, 0.25) is 0 Å². The summed E-state index contributed by atoms with van der Waals surface area (Å²) in [6.07, 6.45) is -38.6. The van der Waals surface area contributed by atoms with E-state index in [1.54, 1.807) is 7.11 Å². The van der Waals surface area contributed by atoms with Gasteiger partial charge >= 0.3 is 0 Å². The van der Waals surface area contributed by atoms with Crippen LogP contribution in [-0.4, -0.2) is 323 Å². The monoisotopic (exact) mass is 1370 g/mol. The number of hydrogen-bond acceptors (Lipinski definition) is 31. The zero-order chi connectivity index (χ0) is 68.8. The second-order valence-corrected chi connectivity index (χ2v) is 29.6. The number of rotatable bonds is 20. The van der Waals surface area contributed by atoms with Gasteiger partial charge in [0.25, 0.3) is 0 Å². The Morgan fingerprint density at radius 1 is 0.505 bits per heavy atom. The highest BCUT2D eigenvalue weighted by atomic mass is 16.8. The van der Waals surface area contributed by atoms with Gasteiger partial charge in [-0.3, -0.25) is 0 Å². The molecule has 7 saturated heterocycles. The predicted octanol–water partition coefficient (Wildman–Crippen LogP) is -4.65. The van der Waals surface area contributed by atoms with Crippen molar-refractivity contribution in [2.45, 2.75) is 308 Å². The molecule has 31 nitrogen and oxygen atoms in total. The van der Waals surface area contributed by atoms with Crippen molar-refractivity contribution in [1.82, 2.24) is 0 Å². The standard InChI is InChI=1S/C64H106O31/c1-23(22-83-56-46(76)42(72)39(69)34(19-65)88-56)11-16-64(82-8)24(2)37-33(95-64)18-32-30-10-9-28-17-29(12-14-62(28,6)31(30)13-15-63(32,37)7)87-61-55(94-57-47(77)41(71)38(68)25(3)84-57)51(81)54(36(21-67)90-61)93-59-50(80)45(75)52(26(4)86-59)91-58-49(79)44(74)53(27(5)85-58)92-60-48(78)43(73)40(70)35(20-66)89-60/h9,23-27,29-61,65-81H,10-22H2,1-8H3/t23-,24+,25+,26+,27+,29+,30-,31+,32+,33+,34-,35-,36-,37+,38+,39-,40-,41-,42+,43+,44+,45+,46-,47-,48-,49-,50-,51+,52+,53+,54-,55-,56-,57+,58+,59+,60+,61-,62+,63+,64-/m1/s1. The van der Waals surface area contributed by atoms with Crippen LogP contribution in [0.1, 0.15) is 106 Å². The lowest BCUT2D eigenvalue weighted by atomic mass is 9.47. The molecule has 7 aliphatic heterocycles. The highest BCUT2D eigenvalue weighted by Gasteiger charge is 2.69. The highest BCUT2D eigenvalue weighted by Crippen LogP contribution is 2.70. The average Bonchev–Trinajstić information content (AvgIpc) is 1.56. The van der Waals surface area contributed by atoms with Crippen LogP contribution in [0.15, 0.2) is 11.6 Å². The van der Waals surface area contributed by atoms with Gasteiger partial charge in [0.2, 0.25) is 0 Å². The van der Waals surface area contributed by atoms with E-state index >= 15 is 0 Å². The first-order valence-electron chi connectivity index (χ1n) is 34.1. The van der Waals surface area contributed by atoms with Crippen molar-refractivity contribution in [2.75, 3.05) is 33.5 Å². The summed E-state index contributed by atoms with van der Waals surface area (Å²) in [5, 5.41) is 183. The van der Waals surface area contributed by atoms with Crippen LogP contribution in [0.3, 0.4) is 0 Å². The zero-order valence-corrected chi connectivity index (χ0v) is 55.0. The maximum atomic E-state index is 12.4. The summed E-state index contributed by atoms with van der Waals surface area (Å²) < 4.78 is 85.4. The summed E-state index contributed by atoms with van der Waals surface area (Å²) in [6, 6.07) is 0. The first-order valence-corrected chi connectivity index (χ1v) is 34.1. The maximum absolute atomic E-state index is 12.4. The minimum absolute atomic E-state index is 0.0213. The van der Waals surface area contributed by atoms with Crippen LogP contribution in [0, 0.1) is 46.3 Å². The Bertz CT molecular complexity index is 2540. The molecular weight excluding hydrogens is 1260 g/mol. The number of aliphatic hydroxyl groups is 17. The molecule has 3 saturated carbocycles. The van der Waals surface area contributed by atoms with E-state index < -0.39 is 216 Å². The van der Waals surface area contributed by atoms with Crippen LogP contribution in [0.5, 0.6) is 0 Å². The molecule has 0 aromatic heterocycles. The van der Waals surface area contributed by atoms with Gasteiger partial charge in [-0.1, -0.05) is 39.3 Å². The lowest BCUT2D eigenvalue weighted by molar-refractivity contribution is -0.396.